The van der Waals surface area contributed by atoms with Crippen molar-refractivity contribution in [2.24, 2.45) is 0 Å². The van der Waals surface area contributed by atoms with Gasteiger partial charge >= 0.3 is 11.8 Å². The lowest BCUT2D eigenvalue weighted by molar-refractivity contribution is -0.139. The summed E-state index contributed by atoms with van der Waals surface area (Å²) in [4.78, 5) is 22.3. The van der Waals surface area contributed by atoms with Crippen LogP contribution in [0.3, 0.4) is 0 Å². The fourth-order valence-electron chi connectivity index (χ4n) is 1.02. The van der Waals surface area contributed by atoms with Gasteiger partial charge in [0.25, 0.3) is 0 Å². The molecule has 0 aromatic carbocycles. The molecule has 0 atom stereocenters. The number of nitrogens with zero attached hydrogens (tertiary/aromatic N) is 1. The monoisotopic (exact) mass is 237 g/mol. The number of carbonyl (C=O) groups is 2. The Balaban J connectivity index is 2.39. The zero-order valence-corrected chi connectivity index (χ0v) is 9.56. The second-order valence-corrected chi connectivity index (χ2v) is 3.85. The summed E-state index contributed by atoms with van der Waals surface area (Å²) in [6, 6.07) is 1.72. The molecule has 0 radical (unpaired) electrons. The van der Waals surface area contributed by atoms with Crippen LogP contribution in [0.4, 0.5) is 0 Å². The Hall–Kier alpha value is -1.87. The van der Waals surface area contributed by atoms with Gasteiger partial charge in [0.05, 0.1) is 6.07 Å². The van der Waals surface area contributed by atoms with Gasteiger partial charge in [-0.05, 0) is 28.8 Å². The first-order chi connectivity index (χ1) is 7.65. The number of amides is 2. The Kier molecular flexibility index (Phi) is 4.48. The van der Waals surface area contributed by atoms with Crippen LogP contribution in [-0.2, 0) is 16.1 Å². The highest BCUT2D eigenvalue weighted by atomic mass is 32.1. The third-order valence-corrected chi connectivity index (χ3v) is 2.85. The van der Waals surface area contributed by atoms with Crippen LogP contribution in [0.2, 0.25) is 0 Å². The fourth-order valence-corrected chi connectivity index (χ4v) is 1.88. The zero-order chi connectivity index (χ0) is 12.0. The van der Waals surface area contributed by atoms with Crippen LogP contribution in [0.5, 0.6) is 0 Å². The number of nitriles is 1. The van der Waals surface area contributed by atoms with E-state index in [2.05, 4.69) is 10.6 Å². The SMILES string of the molecule is Cc1cscc1CNC(=O)C(=O)NCC#N. The van der Waals surface area contributed by atoms with E-state index < -0.39 is 11.8 Å². The average Bonchev–Trinajstić information content (AvgIpc) is 2.68. The van der Waals surface area contributed by atoms with E-state index in [1.54, 1.807) is 17.4 Å². The predicted octanol–water partition coefficient (Wildman–Crippen LogP) is 0.312. The Labute approximate surface area is 97.1 Å². The molecule has 0 bridgehead atoms. The maximum absolute atomic E-state index is 11.2. The molecule has 2 N–H and O–H groups in total. The zero-order valence-electron chi connectivity index (χ0n) is 8.74. The summed E-state index contributed by atoms with van der Waals surface area (Å²) in [7, 11) is 0. The Morgan fingerprint density at radius 2 is 2.06 bits per heavy atom. The van der Waals surface area contributed by atoms with E-state index in [0.717, 1.165) is 11.1 Å². The lowest BCUT2D eigenvalue weighted by atomic mass is 10.2. The minimum absolute atomic E-state index is 0.163. The van der Waals surface area contributed by atoms with Crippen molar-refractivity contribution in [3.63, 3.8) is 0 Å². The second kappa shape index (κ2) is 5.88. The molecule has 0 spiro atoms. The van der Waals surface area contributed by atoms with E-state index in [1.807, 2.05) is 17.7 Å². The van der Waals surface area contributed by atoms with Crippen molar-refractivity contribution in [2.75, 3.05) is 6.54 Å². The van der Waals surface area contributed by atoms with Crippen LogP contribution in [0.1, 0.15) is 11.1 Å². The van der Waals surface area contributed by atoms with Crippen LogP contribution in [0, 0.1) is 18.3 Å². The van der Waals surface area contributed by atoms with Gasteiger partial charge in [-0.25, -0.2) is 0 Å². The maximum atomic E-state index is 11.2. The van der Waals surface area contributed by atoms with Gasteiger partial charge < -0.3 is 10.6 Å². The molecule has 0 saturated carbocycles. The first kappa shape index (κ1) is 12.2. The van der Waals surface area contributed by atoms with Crippen molar-refractivity contribution in [2.45, 2.75) is 13.5 Å². The largest absolute Gasteiger partial charge is 0.344 e. The van der Waals surface area contributed by atoms with Crippen molar-refractivity contribution in [3.8, 4) is 6.07 Å². The molecule has 0 aliphatic carbocycles. The third-order valence-electron chi connectivity index (χ3n) is 1.94. The molecule has 0 fully saturated rings. The highest BCUT2D eigenvalue weighted by Crippen LogP contribution is 2.12. The summed E-state index contributed by atoms with van der Waals surface area (Å²) >= 11 is 1.55. The maximum Gasteiger partial charge on any atom is 0.310 e. The molecular weight excluding hydrogens is 226 g/mol. The lowest BCUT2D eigenvalue weighted by Crippen LogP contribution is -2.39. The third kappa shape index (κ3) is 3.37. The number of hydrogen-bond acceptors (Lipinski definition) is 4. The van der Waals surface area contributed by atoms with E-state index in [-0.39, 0.29) is 6.54 Å². The van der Waals surface area contributed by atoms with Crippen molar-refractivity contribution >= 4 is 23.2 Å². The molecule has 0 aliphatic heterocycles. The number of thiophene rings is 1. The minimum atomic E-state index is -0.783. The van der Waals surface area contributed by atoms with Gasteiger partial charge in [-0.2, -0.15) is 16.6 Å². The predicted molar refractivity (Wildman–Crippen MR) is 59.5 cm³/mol. The van der Waals surface area contributed by atoms with Crippen molar-refractivity contribution in [3.05, 3.63) is 21.9 Å². The van der Waals surface area contributed by atoms with Crippen LogP contribution in [-0.4, -0.2) is 18.4 Å². The standard InChI is InChI=1S/C10H11N3O2S/c1-7-5-16-6-8(7)4-13-10(15)9(14)12-3-2-11/h5-6H,3-4H2,1H3,(H,12,14)(H,13,15). The molecule has 1 rings (SSSR count). The highest BCUT2D eigenvalue weighted by molar-refractivity contribution is 7.08. The molecule has 0 unspecified atom stereocenters. The summed E-state index contributed by atoms with van der Waals surface area (Å²) in [6.07, 6.45) is 0. The van der Waals surface area contributed by atoms with Gasteiger partial charge in [0.1, 0.15) is 6.54 Å². The van der Waals surface area contributed by atoms with Gasteiger partial charge in [-0.3, -0.25) is 9.59 Å². The molecule has 1 aromatic heterocycles. The molecule has 6 heteroatoms. The van der Waals surface area contributed by atoms with Gasteiger partial charge in [0.15, 0.2) is 0 Å². The van der Waals surface area contributed by atoms with Crippen LogP contribution >= 0.6 is 11.3 Å². The number of carbonyl (C=O) groups excluding carboxylic acids is 2. The van der Waals surface area contributed by atoms with Crippen LogP contribution < -0.4 is 10.6 Å². The molecule has 1 heterocycles. The summed E-state index contributed by atoms with van der Waals surface area (Å²) in [5.74, 6) is -1.50. The first-order valence-electron chi connectivity index (χ1n) is 4.59. The van der Waals surface area contributed by atoms with E-state index in [4.69, 9.17) is 5.26 Å². The first-order valence-corrected chi connectivity index (χ1v) is 5.54. The van der Waals surface area contributed by atoms with Crippen LogP contribution in [0.15, 0.2) is 10.8 Å². The van der Waals surface area contributed by atoms with E-state index in [1.165, 1.54) is 0 Å². The quantitative estimate of drug-likeness (QED) is 0.586. The van der Waals surface area contributed by atoms with Gasteiger partial charge in [0, 0.05) is 6.54 Å². The normalized spacial score (nSPS) is 9.25. The molecule has 16 heavy (non-hydrogen) atoms. The Morgan fingerprint density at radius 1 is 1.38 bits per heavy atom. The lowest BCUT2D eigenvalue weighted by Gasteiger charge is -2.03. The second-order valence-electron chi connectivity index (χ2n) is 3.10. The van der Waals surface area contributed by atoms with Crippen molar-refractivity contribution in [1.29, 1.82) is 5.26 Å². The summed E-state index contributed by atoms with van der Waals surface area (Å²) in [5, 5.41) is 16.8. The van der Waals surface area contributed by atoms with E-state index in [0.29, 0.717) is 6.54 Å². The molecule has 0 saturated heterocycles. The number of aryl methyl sites for hydroxylation is 1. The fraction of sp³-hybridized carbons (Fsp3) is 0.300. The summed E-state index contributed by atoms with van der Waals surface area (Å²) < 4.78 is 0. The average molecular weight is 237 g/mol. The number of nitrogens with one attached hydrogen (secondary N) is 2. The minimum Gasteiger partial charge on any atom is -0.344 e. The smallest absolute Gasteiger partial charge is 0.310 e. The van der Waals surface area contributed by atoms with E-state index in [9.17, 15) is 9.59 Å². The molecule has 2 amide bonds. The summed E-state index contributed by atoms with van der Waals surface area (Å²) in [6.45, 7) is 2.10. The number of rotatable bonds is 3. The van der Waals surface area contributed by atoms with E-state index >= 15 is 0 Å². The molecule has 1 aromatic rings. The molecular formula is C10H11N3O2S. The topological polar surface area (TPSA) is 82.0 Å². The van der Waals surface area contributed by atoms with Crippen LogP contribution in [0.25, 0.3) is 0 Å². The van der Waals surface area contributed by atoms with Gasteiger partial charge in [-0.1, -0.05) is 0 Å². The van der Waals surface area contributed by atoms with Gasteiger partial charge in [0.2, 0.25) is 0 Å². The Bertz CT molecular complexity index is 434. The van der Waals surface area contributed by atoms with Gasteiger partial charge in [-0.15, -0.1) is 0 Å². The Morgan fingerprint density at radius 3 is 2.62 bits per heavy atom. The highest BCUT2D eigenvalue weighted by Gasteiger charge is 2.12. The molecule has 0 aliphatic rings. The molecule has 5 nitrogen and oxygen atoms in total. The summed E-state index contributed by atoms with van der Waals surface area (Å²) in [5.41, 5.74) is 2.08. The molecule has 84 valence electrons. The van der Waals surface area contributed by atoms with Crippen molar-refractivity contribution < 1.29 is 9.59 Å². The van der Waals surface area contributed by atoms with Crippen molar-refractivity contribution in [1.82, 2.24) is 10.6 Å². The number of hydrogen-bond donors (Lipinski definition) is 2.